The normalized spacial score (nSPS) is 12.6. The van der Waals surface area contributed by atoms with Gasteiger partial charge in [-0.3, -0.25) is 24.1 Å². The second-order valence-electron chi connectivity index (χ2n) is 7.07. The number of amides is 2. The van der Waals surface area contributed by atoms with E-state index in [0.29, 0.717) is 19.3 Å². The molecule has 0 fully saturated rings. The Bertz CT molecular complexity index is 1050. The molecule has 0 aliphatic heterocycles. The van der Waals surface area contributed by atoms with Gasteiger partial charge in [0, 0.05) is 22.9 Å². The van der Waals surface area contributed by atoms with E-state index < -0.39 is 17.5 Å². The molecule has 0 spiro atoms. The van der Waals surface area contributed by atoms with Crippen molar-refractivity contribution in [1.29, 1.82) is 0 Å². The fourth-order valence-corrected chi connectivity index (χ4v) is 3.93. The number of nitrogens with two attached hydrogens (primary N) is 2. The smallest absolute Gasteiger partial charge is 0.262 e. The minimum absolute atomic E-state index is 0.0132. The number of anilines is 2. The van der Waals surface area contributed by atoms with Crippen LogP contribution < -0.4 is 11.5 Å². The van der Waals surface area contributed by atoms with Gasteiger partial charge in [-0.2, -0.15) is 0 Å². The lowest BCUT2D eigenvalue weighted by molar-refractivity contribution is -0.117. The van der Waals surface area contributed by atoms with Crippen LogP contribution in [0.3, 0.4) is 0 Å². The van der Waals surface area contributed by atoms with Gasteiger partial charge in [-0.1, -0.05) is 38.1 Å². The Morgan fingerprint density at radius 2 is 1.48 bits per heavy atom. The SMILES string of the molecule is CCC(CC)N(C=O)C(=O)c1c(C)c(N)c2c(c1N)C(=O)c1ccccc1C2=O. The monoisotopic (exact) mass is 393 g/mol. The quantitative estimate of drug-likeness (QED) is 0.507. The molecule has 0 bridgehead atoms. The Labute approximate surface area is 168 Å². The van der Waals surface area contributed by atoms with Gasteiger partial charge in [0.05, 0.1) is 22.4 Å². The minimum atomic E-state index is -0.627. The summed E-state index contributed by atoms with van der Waals surface area (Å²) in [7, 11) is 0. The van der Waals surface area contributed by atoms with E-state index in [2.05, 4.69) is 0 Å². The highest BCUT2D eigenvalue weighted by molar-refractivity contribution is 6.33. The van der Waals surface area contributed by atoms with Crippen molar-refractivity contribution >= 4 is 35.3 Å². The highest BCUT2D eigenvalue weighted by Crippen LogP contribution is 2.39. The number of benzene rings is 2. The predicted molar refractivity (Wildman–Crippen MR) is 110 cm³/mol. The molecule has 0 atom stereocenters. The number of carbonyl (C=O) groups is 4. The largest absolute Gasteiger partial charge is 0.398 e. The molecule has 0 saturated heterocycles. The van der Waals surface area contributed by atoms with Crippen LogP contribution in [0, 0.1) is 6.92 Å². The first-order chi connectivity index (χ1) is 13.8. The van der Waals surface area contributed by atoms with Gasteiger partial charge in [0.25, 0.3) is 5.91 Å². The van der Waals surface area contributed by atoms with Crippen LogP contribution in [0.5, 0.6) is 0 Å². The highest BCUT2D eigenvalue weighted by Gasteiger charge is 2.37. The Kier molecular flexibility index (Phi) is 5.24. The zero-order valence-corrected chi connectivity index (χ0v) is 16.6. The van der Waals surface area contributed by atoms with Crippen molar-refractivity contribution in [3.05, 3.63) is 57.6 Å². The topological polar surface area (TPSA) is 124 Å². The number of ketones is 2. The van der Waals surface area contributed by atoms with Crippen LogP contribution >= 0.6 is 0 Å². The lowest BCUT2D eigenvalue weighted by atomic mass is 9.79. The first kappa shape index (κ1) is 20.3. The molecule has 2 aromatic carbocycles. The van der Waals surface area contributed by atoms with E-state index in [0.717, 1.165) is 4.90 Å². The Morgan fingerprint density at radius 1 is 1.00 bits per heavy atom. The standard InChI is InChI=1S/C22H23N3O4/c1-4-12(5-2)25(10-26)22(29)15-11(3)18(23)16-17(19(15)24)21(28)14-9-7-6-8-13(14)20(16)27/h6-10,12H,4-5,23-24H2,1-3H3. The molecular formula is C22H23N3O4. The summed E-state index contributed by atoms with van der Waals surface area (Å²) in [5, 5.41) is 0. The molecule has 0 unspecified atom stereocenters. The van der Waals surface area contributed by atoms with Gasteiger partial charge in [-0.25, -0.2) is 0 Å². The maximum absolute atomic E-state index is 13.2. The van der Waals surface area contributed by atoms with Crippen molar-refractivity contribution < 1.29 is 19.2 Å². The fraction of sp³-hybridized carbons (Fsp3) is 0.273. The molecule has 1 aliphatic carbocycles. The molecule has 150 valence electrons. The third-order valence-corrected chi connectivity index (χ3v) is 5.61. The molecule has 0 radical (unpaired) electrons. The Balaban J connectivity index is 2.27. The second kappa shape index (κ2) is 7.50. The number of rotatable bonds is 5. The minimum Gasteiger partial charge on any atom is -0.398 e. The van der Waals surface area contributed by atoms with E-state index in [1.165, 1.54) is 6.07 Å². The maximum Gasteiger partial charge on any atom is 0.262 e. The fourth-order valence-electron chi connectivity index (χ4n) is 3.93. The summed E-state index contributed by atoms with van der Waals surface area (Å²) in [5.41, 5.74) is 13.1. The van der Waals surface area contributed by atoms with E-state index in [4.69, 9.17) is 11.5 Å². The van der Waals surface area contributed by atoms with Gasteiger partial charge in [-0.05, 0) is 25.3 Å². The van der Waals surface area contributed by atoms with Gasteiger partial charge in [-0.15, -0.1) is 0 Å². The summed E-state index contributed by atoms with van der Waals surface area (Å²) >= 11 is 0. The van der Waals surface area contributed by atoms with E-state index >= 15 is 0 Å². The molecule has 1 aliphatic rings. The van der Waals surface area contributed by atoms with Crippen LogP contribution in [0.15, 0.2) is 24.3 Å². The first-order valence-electron chi connectivity index (χ1n) is 9.47. The van der Waals surface area contributed by atoms with Gasteiger partial charge in [0.15, 0.2) is 11.6 Å². The second-order valence-corrected chi connectivity index (χ2v) is 7.07. The number of imide groups is 1. The van der Waals surface area contributed by atoms with E-state index in [1.54, 1.807) is 25.1 Å². The molecule has 2 aromatic rings. The van der Waals surface area contributed by atoms with Crippen molar-refractivity contribution in [2.75, 3.05) is 11.5 Å². The average Bonchev–Trinajstić information content (AvgIpc) is 2.72. The zero-order chi connectivity index (χ0) is 21.5. The van der Waals surface area contributed by atoms with Crippen LogP contribution in [-0.4, -0.2) is 34.8 Å². The molecule has 0 aromatic heterocycles. The average molecular weight is 393 g/mol. The number of hydrogen-bond donors (Lipinski definition) is 2. The molecule has 7 nitrogen and oxygen atoms in total. The van der Waals surface area contributed by atoms with E-state index in [9.17, 15) is 19.2 Å². The molecule has 29 heavy (non-hydrogen) atoms. The van der Waals surface area contributed by atoms with Crippen molar-refractivity contribution in [3.63, 3.8) is 0 Å². The number of nitrogens with zero attached hydrogens (tertiary/aromatic N) is 1. The number of nitrogen functional groups attached to an aromatic ring is 2. The summed E-state index contributed by atoms with van der Waals surface area (Å²) in [5.74, 6) is -1.50. The molecule has 0 saturated carbocycles. The highest BCUT2D eigenvalue weighted by atomic mass is 16.2. The van der Waals surface area contributed by atoms with Crippen LogP contribution in [0.2, 0.25) is 0 Å². The third kappa shape index (κ3) is 2.90. The lowest BCUT2D eigenvalue weighted by Crippen LogP contribution is -2.40. The zero-order valence-electron chi connectivity index (χ0n) is 16.6. The Morgan fingerprint density at radius 3 is 1.93 bits per heavy atom. The van der Waals surface area contributed by atoms with Crippen molar-refractivity contribution in [3.8, 4) is 0 Å². The maximum atomic E-state index is 13.2. The first-order valence-corrected chi connectivity index (χ1v) is 9.47. The number of hydrogen-bond acceptors (Lipinski definition) is 6. The van der Waals surface area contributed by atoms with Crippen LogP contribution in [-0.2, 0) is 4.79 Å². The summed E-state index contributed by atoms with van der Waals surface area (Å²) in [4.78, 5) is 52.1. The molecule has 0 heterocycles. The summed E-state index contributed by atoms with van der Waals surface area (Å²) in [6.07, 6.45) is 1.62. The van der Waals surface area contributed by atoms with Crippen molar-refractivity contribution in [1.82, 2.24) is 4.90 Å². The van der Waals surface area contributed by atoms with Crippen molar-refractivity contribution in [2.45, 2.75) is 39.7 Å². The lowest BCUT2D eigenvalue weighted by Gasteiger charge is -2.28. The molecular weight excluding hydrogens is 370 g/mol. The van der Waals surface area contributed by atoms with Crippen LogP contribution in [0.25, 0.3) is 0 Å². The van der Waals surface area contributed by atoms with Gasteiger partial charge < -0.3 is 11.5 Å². The summed E-state index contributed by atoms with van der Waals surface area (Å²) < 4.78 is 0. The van der Waals surface area contributed by atoms with E-state index in [-0.39, 0.29) is 50.8 Å². The summed E-state index contributed by atoms with van der Waals surface area (Å²) in [6, 6.07) is 6.10. The molecule has 7 heteroatoms. The van der Waals surface area contributed by atoms with Crippen molar-refractivity contribution in [2.24, 2.45) is 0 Å². The molecule has 2 amide bonds. The summed E-state index contributed by atoms with van der Waals surface area (Å²) in [6.45, 7) is 5.30. The number of carbonyl (C=O) groups excluding carboxylic acids is 4. The predicted octanol–water partition coefficient (Wildman–Crippen LogP) is 2.72. The van der Waals surface area contributed by atoms with Gasteiger partial charge >= 0.3 is 0 Å². The molecule has 4 N–H and O–H groups in total. The van der Waals surface area contributed by atoms with Gasteiger partial charge in [0.2, 0.25) is 6.41 Å². The van der Waals surface area contributed by atoms with E-state index in [1.807, 2.05) is 13.8 Å². The Hall–Kier alpha value is -3.48. The molecule has 3 rings (SSSR count). The van der Waals surface area contributed by atoms with Gasteiger partial charge in [0.1, 0.15) is 0 Å². The number of fused-ring (bicyclic) bond motifs is 2. The van der Waals surface area contributed by atoms with Crippen LogP contribution in [0.1, 0.15) is 74.5 Å². The van der Waals surface area contributed by atoms with Crippen LogP contribution in [0.4, 0.5) is 11.4 Å². The third-order valence-electron chi connectivity index (χ3n) is 5.61.